The highest BCUT2D eigenvalue weighted by atomic mass is 16.1. The predicted octanol–water partition coefficient (Wildman–Crippen LogP) is 2.73. The maximum absolute atomic E-state index is 11.9. The Morgan fingerprint density at radius 1 is 1.05 bits per heavy atom. The first kappa shape index (κ1) is 15.0. The van der Waals surface area contributed by atoms with E-state index in [9.17, 15) is 4.79 Å². The number of benzene rings is 1. The van der Waals surface area contributed by atoms with Crippen LogP contribution in [0.3, 0.4) is 0 Å². The lowest BCUT2D eigenvalue weighted by Gasteiger charge is -2.08. The average molecular weight is 284 g/mol. The summed E-state index contributed by atoms with van der Waals surface area (Å²) in [6, 6.07) is 13.2. The second kappa shape index (κ2) is 7.38. The number of hydrogen-bond acceptors (Lipinski definition) is 4. The highest BCUT2D eigenvalue weighted by Gasteiger charge is 2.05. The van der Waals surface area contributed by atoms with E-state index >= 15 is 0 Å². The normalized spacial score (nSPS) is 10.4. The van der Waals surface area contributed by atoms with Crippen LogP contribution in [0.1, 0.15) is 19.4 Å². The molecule has 0 fully saturated rings. The van der Waals surface area contributed by atoms with Gasteiger partial charge in [-0.1, -0.05) is 44.2 Å². The molecule has 0 unspecified atom stereocenters. The van der Waals surface area contributed by atoms with Crippen molar-refractivity contribution >= 4 is 17.5 Å². The van der Waals surface area contributed by atoms with Gasteiger partial charge in [0.15, 0.2) is 5.82 Å². The molecule has 0 aliphatic carbocycles. The molecule has 1 amide bonds. The fraction of sp³-hybridized carbons (Fsp3) is 0.312. The van der Waals surface area contributed by atoms with Crippen LogP contribution in [-0.4, -0.2) is 22.6 Å². The minimum absolute atomic E-state index is 0.0987. The van der Waals surface area contributed by atoms with Crippen LogP contribution in [-0.2, 0) is 11.2 Å². The number of rotatable bonds is 6. The number of anilines is 2. The molecular weight excluding hydrogens is 264 g/mol. The zero-order valence-corrected chi connectivity index (χ0v) is 12.3. The molecule has 2 aromatic rings. The molecule has 21 heavy (non-hydrogen) atoms. The highest BCUT2D eigenvalue weighted by Crippen LogP contribution is 2.08. The van der Waals surface area contributed by atoms with Gasteiger partial charge in [0, 0.05) is 6.54 Å². The van der Waals surface area contributed by atoms with Crippen molar-refractivity contribution < 1.29 is 4.79 Å². The smallest absolute Gasteiger partial charge is 0.229 e. The van der Waals surface area contributed by atoms with E-state index < -0.39 is 0 Å². The molecule has 0 aliphatic heterocycles. The summed E-state index contributed by atoms with van der Waals surface area (Å²) in [6.07, 6.45) is 0.329. The van der Waals surface area contributed by atoms with Crippen molar-refractivity contribution in [3.8, 4) is 0 Å². The fourth-order valence-corrected chi connectivity index (χ4v) is 1.77. The van der Waals surface area contributed by atoms with Crippen molar-refractivity contribution in [3.05, 3.63) is 48.0 Å². The topological polar surface area (TPSA) is 66.9 Å². The molecule has 0 atom stereocenters. The predicted molar refractivity (Wildman–Crippen MR) is 84.1 cm³/mol. The Balaban J connectivity index is 1.86. The number of carbonyl (C=O) groups is 1. The summed E-state index contributed by atoms with van der Waals surface area (Å²) in [5, 5.41) is 13.9. The summed E-state index contributed by atoms with van der Waals surface area (Å²) in [6.45, 7) is 5.09. The molecule has 0 bridgehead atoms. The van der Waals surface area contributed by atoms with Crippen molar-refractivity contribution in [2.45, 2.75) is 20.3 Å². The number of carbonyl (C=O) groups excluding carboxylic acids is 1. The first-order chi connectivity index (χ1) is 10.1. The largest absolute Gasteiger partial charge is 0.368 e. The van der Waals surface area contributed by atoms with E-state index in [2.05, 4.69) is 34.7 Å². The minimum atomic E-state index is -0.0987. The van der Waals surface area contributed by atoms with Crippen LogP contribution >= 0.6 is 0 Å². The first-order valence-electron chi connectivity index (χ1n) is 7.05. The molecule has 2 rings (SSSR count). The monoisotopic (exact) mass is 284 g/mol. The Morgan fingerprint density at radius 2 is 1.71 bits per heavy atom. The third kappa shape index (κ3) is 5.22. The van der Waals surface area contributed by atoms with Gasteiger partial charge in [-0.15, -0.1) is 10.2 Å². The molecular formula is C16H20N4O. The summed E-state index contributed by atoms with van der Waals surface area (Å²) in [5.74, 6) is 1.62. The van der Waals surface area contributed by atoms with E-state index in [0.29, 0.717) is 24.0 Å². The molecule has 0 saturated heterocycles. The summed E-state index contributed by atoms with van der Waals surface area (Å²) in [4.78, 5) is 11.9. The minimum Gasteiger partial charge on any atom is -0.368 e. The van der Waals surface area contributed by atoms with Crippen LogP contribution in [0.4, 0.5) is 11.6 Å². The molecule has 0 saturated carbocycles. The Kier molecular flexibility index (Phi) is 5.26. The van der Waals surface area contributed by atoms with Gasteiger partial charge in [0.2, 0.25) is 5.91 Å². The van der Waals surface area contributed by atoms with Crippen LogP contribution < -0.4 is 10.6 Å². The van der Waals surface area contributed by atoms with Gasteiger partial charge in [-0.05, 0) is 23.6 Å². The summed E-state index contributed by atoms with van der Waals surface area (Å²) in [7, 11) is 0. The third-order valence-electron chi connectivity index (χ3n) is 2.83. The van der Waals surface area contributed by atoms with Crippen molar-refractivity contribution in [1.82, 2.24) is 10.2 Å². The SMILES string of the molecule is CC(C)CNc1ccc(NC(=O)Cc2ccccc2)nn1. The zero-order chi connectivity index (χ0) is 15.1. The quantitative estimate of drug-likeness (QED) is 0.856. The zero-order valence-electron chi connectivity index (χ0n) is 12.3. The molecule has 0 radical (unpaired) electrons. The maximum Gasteiger partial charge on any atom is 0.229 e. The Hall–Kier alpha value is -2.43. The number of aromatic nitrogens is 2. The molecule has 1 aromatic heterocycles. The van der Waals surface area contributed by atoms with Gasteiger partial charge in [-0.25, -0.2) is 0 Å². The molecule has 1 aromatic carbocycles. The number of hydrogen-bond donors (Lipinski definition) is 2. The Labute approximate surface area is 124 Å². The average Bonchev–Trinajstić information content (AvgIpc) is 2.47. The summed E-state index contributed by atoms with van der Waals surface area (Å²) >= 11 is 0. The van der Waals surface area contributed by atoms with E-state index in [1.165, 1.54) is 0 Å². The van der Waals surface area contributed by atoms with Gasteiger partial charge in [-0.3, -0.25) is 4.79 Å². The summed E-state index contributed by atoms with van der Waals surface area (Å²) < 4.78 is 0. The molecule has 5 heteroatoms. The van der Waals surface area contributed by atoms with Crippen molar-refractivity contribution in [2.24, 2.45) is 5.92 Å². The molecule has 2 N–H and O–H groups in total. The van der Waals surface area contributed by atoms with E-state index in [1.807, 2.05) is 36.4 Å². The van der Waals surface area contributed by atoms with Crippen molar-refractivity contribution in [3.63, 3.8) is 0 Å². The van der Waals surface area contributed by atoms with Crippen LogP contribution in [0.15, 0.2) is 42.5 Å². The Morgan fingerprint density at radius 3 is 2.33 bits per heavy atom. The van der Waals surface area contributed by atoms with Crippen molar-refractivity contribution in [2.75, 3.05) is 17.2 Å². The van der Waals surface area contributed by atoms with Crippen molar-refractivity contribution in [1.29, 1.82) is 0 Å². The lowest BCUT2D eigenvalue weighted by molar-refractivity contribution is -0.115. The van der Waals surface area contributed by atoms with Crippen LogP contribution in [0, 0.1) is 5.92 Å². The lowest BCUT2D eigenvalue weighted by atomic mass is 10.1. The third-order valence-corrected chi connectivity index (χ3v) is 2.83. The number of nitrogens with zero attached hydrogens (tertiary/aromatic N) is 2. The molecule has 5 nitrogen and oxygen atoms in total. The number of nitrogens with one attached hydrogen (secondary N) is 2. The Bertz CT molecular complexity index is 567. The van der Waals surface area contributed by atoms with Crippen LogP contribution in [0.2, 0.25) is 0 Å². The number of amides is 1. The maximum atomic E-state index is 11.9. The van der Waals surface area contributed by atoms with Gasteiger partial charge in [-0.2, -0.15) is 0 Å². The van der Waals surface area contributed by atoms with Crippen LogP contribution in [0.5, 0.6) is 0 Å². The molecule has 0 spiro atoms. The molecule has 0 aliphatic rings. The van der Waals surface area contributed by atoms with Gasteiger partial charge in [0.1, 0.15) is 5.82 Å². The van der Waals surface area contributed by atoms with Gasteiger partial charge >= 0.3 is 0 Å². The first-order valence-corrected chi connectivity index (χ1v) is 7.05. The van der Waals surface area contributed by atoms with Crippen LogP contribution in [0.25, 0.3) is 0 Å². The van der Waals surface area contributed by atoms with E-state index in [4.69, 9.17) is 0 Å². The second-order valence-electron chi connectivity index (χ2n) is 5.29. The molecule has 1 heterocycles. The fourth-order valence-electron chi connectivity index (χ4n) is 1.77. The lowest BCUT2D eigenvalue weighted by Crippen LogP contribution is -2.16. The van der Waals surface area contributed by atoms with E-state index in [1.54, 1.807) is 6.07 Å². The standard InChI is InChI=1S/C16H20N4O/c1-12(2)11-17-14-8-9-15(20-19-14)18-16(21)10-13-6-4-3-5-7-13/h3-9,12H,10-11H2,1-2H3,(H,17,19)(H,18,20,21). The summed E-state index contributed by atoms with van der Waals surface area (Å²) in [5.41, 5.74) is 0.971. The molecule has 110 valence electrons. The van der Waals surface area contributed by atoms with Gasteiger partial charge in [0.05, 0.1) is 6.42 Å². The van der Waals surface area contributed by atoms with Gasteiger partial charge in [0.25, 0.3) is 0 Å². The highest BCUT2D eigenvalue weighted by molar-refractivity contribution is 5.91. The van der Waals surface area contributed by atoms with E-state index in [0.717, 1.165) is 12.1 Å². The van der Waals surface area contributed by atoms with E-state index in [-0.39, 0.29) is 5.91 Å². The second-order valence-corrected chi connectivity index (χ2v) is 5.29. The van der Waals surface area contributed by atoms with Gasteiger partial charge < -0.3 is 10.6 Å².